The summed E-state index contributed by atoms with van der Waals surface area (Å²) in [7, 11) is -30.2. The summed E-state index contributed by atoms with van der Waals surface area (Å²) in [6.07, 6.45) is -2.96. The third kappa shape index (κ3) is 29.3. The molecular formula is C26H46B2N10O25P6. The number of carbonyl (C=O) groups is 2. The first kappa shape index (κ1) is 64.1. The van der Waals surface area contributed by atoms with E-state index in [4.69, 9.17) is 54.6 Å². The van der Waals surface area contributed by atoms with Crippen LogP contribution >= 0.6 is 46.9 Å². The van der Waals surface area contributed by atoms with Crippen LogP contribution in [0, 0.1) is 47.2 Å². The van der Waals surface area contributed by atoms with E-state index in [0.717, 1.165) is 0 Å². The number of nitrogens with zero attached hydrogens (tertiary/aromatic N) is 8. The van der Waals surface area contributed by atoms with Gasteiger partial charge in [-0.2, -0.15) is 0 Å². The van der Waals surface area contributed by atoms with E-state index in [0.29, 0.717) is 0 Å². The Balaban J connectivity index is 0.000000693. The Bertz CT molecular complexity index is 2350. The SMILES string of the molecule is CC1[C@@H](COP(=O)(O)OP(=O)(O)OP(=O)(O)O)O[C@@H](N=BC#CCNC(=O)CN=[N+]=[N-])[C@H]1C.CC1[C@@H](COP(=O)(O)OP(=O)(O)OP(=O)(O)O)O[C@@H](N=BC#CCOCCNC(=O)CN=[N+]=[N-])[C@H]1C. The van der Waals surface area contributed by atoms with Crippen LogP contribution in [-0.4, -0.2) is 142 Å². The second kappa shape index (κ2) is 30.2. The number of phosphoric ester groups is 2. The Morgan fingerprint density at radius 1 is 0.623 bits per heavy atom. The van der Waals surface area contributed by atoms with Gasteiger partial charge in [-0.1, -0.05) is 0 Å². The fourth-order valence-corrected chi connectivity index (χ4v) is 11.0. The van der Waals surface area contributed by atoms with Crippen LogP contribution < -0.4 is 10.6 Å². The van der Waals surface area contributed by atoms with Crippen LogP contribution in [0.4, 0.5) is 0 Å². The molecule has 6 unspecified atom stereocenters. The van der Waals surface area contributed by atoms with Gasteiger partial charge in [0.25, 0.3) is 0 Å². The number of carbonyl (C=O) groups excluding carboxylic acids is 2. The van der Waals surface area contributed by atoms with E-state index >= 15 is 0 Å². The second-order valence-corrected chi connectivity index (χ2v) is 22.3. The quantitative estimate of drug-likeness (QED) is 0.0117. The molecule has 0 spiro atoms. The number of hydrogen-bond acceptors (Lipinski definition) is 21. The van der Waals surface area contributed by atoms with E-state index in [1.54, 1.807) is 27.7 Å². The predicted molar refractivity (Wildman–Crippen MR) is 230 cm³/mol. The summed E-state index contributed by atoms with van der Waals surface area (Å²) in [5, 5.41) is 11.1. The van der Waals surface area contributed by atoms with Crippen LogP contribution in [0.15, 0.2) is 20.0 Å². The molecule has 0 bridgehead atoms. The van der Waals surface area contributed by atoms with Crippen LogP contribution in [0.25, 0.3) is 20.9 Å². The molecule has 10 N–H and O–H groups in total. The topological polar surface area (TPSA) is 528 Å². The molecule has 2 heterocycles. The Morgan fingerprint density at radius 3 is 1.43 bits per heavy atom. The number of azide groups is 2. The van der Waals surface area contributed by atoms with E-state index in [2.05, 4.69) is 90.2 Å². The van der Waals surface area contributed by atoms with Gasteiger partial charge in [-0.25, -0.2) is 0 Å². The minimum atomic E-state index is -5.60. The number of hydrogen-bond donors (Lipinski definition) is 10. The zero-order valence-electron chi connectivity index (χ0n) is 36.2. The summed E-state index contributed by atoms with van der Waals surface area (Å²) in [5.74, 6) is 8.64. The molecule has 2 aliphatic rings. The standard InChI is InChI=1S/C14H25BN5O13P3.C12H21BN5O12P3/c1-10-11(2)14(19-15-4-3-6-29-7-5-17-13(21)8-18-20-16)31-12(10)9-30-35(25,26)33-36(27,28)32-34(22,23)24;1-8-9(2)12(17-13-4-3-5-15-11(19)6-16-18-14)28-10(8)7-27-32(23,24)30-33(25,26)29-31(20,21)22/h10-12,14H,5-9H2,1-2H3,(H,17,21)(H,25,26)(H,27,28)(H2,22,23,24);8-10,12H,5-7H2,1-2H3,(H,15,19)(H,23,24)(H,25,26)(H2,20,21,22)/t10?,11-,12+,14+;8?,9-,10+,12+/m00/s1. The van der Waals surface area contributed by atoms with E-state index < -0.39 is 96.6 Å². The van der Waals surface area contributed by atoms with Crippen molar-refractivity contribution in [2.75, 3.05) is 52.6 Å². The number of amides is 2. The number of ether oxygens (including phenoxy) is 3. The van der Waals surface area contributed by atoms with Crippen molar-refractivity contribution < 1.29 is 117 Å². The molecule has 0 radical (unpaired) electrons. The second-order valence-electron chi connectivity index (χ2n) is 13.5. The van der Waals surface area contributed by atoms with Crippen molar-refractivity contribution in [2.24, 2.45) is 43.7 Å². The van der Waals surface area contributed by atoms with Crippen LogP contribution in [0.2, 0.25) is 0 Å². The Morgan fingerprint density at radius 2 is 1.03 bits per heavy atom. The Hall–Kier alpha value is -2.89. The molecule has 43 heteroatoms. The maximum atomic E-state index is 11.8. The van der Waals surface area contributed by atoms with E-state index in [1.807, 2.05) is 0 Å². The van der Waals surface area contributed by atoms with E-state index in [-0.39, 0.29) is 63.1 Å². The predicted octanol–water partition coefficient (Wildman–Crippen LogP) is 1.22. The first-order chi connectivity index (χ1) is 31.8. The van der Waals surface area contributed by atoms with Crippen LogP contribution in [0.5, 0.6) is 0 Å². The van der Waals surface area contributed by atoms with E-state index in [9.17, 15) is 46.8 Å². The van der Waals surface area contributed by atoms with Gasteiger partial charge >= 0.3 is 388 Å². The van der Waals surface area contributed by atoms with Crippen molar-refractivity contribution in [3.8, 4) is 23.5 Å². The summed E-state index contributed by atoms with van der Waals surface area (Å²) in [6, 6.07) is 0. The Labute approximate surface area is 392 Å². The molecule has 2 fully saturated rings. The third-order valence-corrected chi connectivity index (χ3v) is 16.0. The van der Waals surface area contributed by atoms with Crippen molar-refractivity contribution in [1.29, 1.82) is 0 Å². The molecule has 2 aliphatic heterocycles. The summed E-state index contributed by atoms with van der Waals surface area (Å²) < 4.78 is 108. The molecule has 12 atom stereocenters. The molecule has 35 nitrogen and oxygen atoms in total. The van der Waals surface area contributed by atoms with Crippen LogP contribution in [-0.2, 0) is 77.5 Å². The summed E-state index contributed by atoms with van der Waals surface area (Å²) in [6.45, 7) is 5.70. The van der Waals surface area contributed by atoms with Crippen molar-refractivity contribution in [1.82, 2.24) is 10.6 Å². The molecule has 0 aromatic rings. The first-order valence-electron chi connectivity index (χ1n) is 18.8. The molecule has 0 saturated carbocycles. The molecule has 2 saturated heterocycles. The molecule has 69 heavy (non-hydrogen) atoms. The van der Waals surface area contributed by atoms with Gasteiger partial charge in [-0.15, -0.1) is 0 Å². The summed E-state index contributed by atoms with van der Waals surface area (Å²) >= 11 is 0. The number of phosphoric acid groups is 6. The Kier molecular flexibility index (Phi) is 28.1. The molecule has 2 rings (SSSR count). The van der Waals surface area contributed by atoms with Crippen molar-refractivity contribution in [3.05, 3.63) is 20.9 Å². The van der Waals surface area contributed by atoms with Gasteiger partial charge in [0.2, 0.25) is 0 Å². The molecule has 0 aromatic carbocycles. The molecule has 0 aromatic heterocycles. The van der Waals surface area contributed by atoms with Gasteiger partial charge < -0.3 is 5.53 Å². The average Bonchev–Trinajstić information content (AvgIpc) is 3.63. The van der Waals surface area contributed by atoms with Crippen LogP contribution in [0.3, 0.4) is 0 Å². The monoisotopic (exact) mass is 1110 g/mol. The first-order valence-corrected chi connectivity index (χ1v) is 27.9. The fraction of sp³-hybridized carbons (Fsp3) is 0.769. The zero-order chi connectivity index (χ0) is 52.7. The third-order valence-electron chi connectivity index (χ3n) is 8.44. The fourth-order valence-electron chi connectivity index (χ4n) is 4.95. The van der Waals surface area contributed by atoms with Crippen molar-refractivity contribution in [3.63, 3.8) is 0 Å². The summed E-state index contributed by atoms with van der Waals surface area (Å²) in [5.41, 5.74) is 16.2. The molecular weight excluding hydrogens is 1060 g/mol. The molecule has 386 valence electrons. The normalized spacial score (nSPS) is 25.6. The van der Waals surface area contributed by atoms with Crippen molar-refractivity contribution >= 4 is 72.9 Å². The van der Waals surface area contributed by atoms with Gasteiger partial charge in [0, 0.05) is 0 Å². The van der Waals surface area contributed by atoms with Gasteiger partial charge in [0.1, 0.15) is 0 Å². The van der Waals surface area contributed by atoms with Gasteiger partial charge in [0.15, 0.2) is 0 Å². The van der Waals surface area contributed by atoms with Crippen molar-refractivity contribution in [2.45, 2.75) is 52.4 Å². The van der Waals surface area contributed by atoms with E-state index in [1.165, 1.54) is 14.1 Å². The minimum absolute atomic E-state index is 0.00796. The number of nitrogens with one attached hydrogen (secondary N) is 2. The maximum absolute atomic E-state index is 11.8. The number of rotatable bonds is 25. The van der Waals surface area contributed by atoms with Gasteiger partial charge in [0.05, 0.1) is 0 Å². The zero-order valence-corrected chi connectivity index (χ0v) is 41.6. The van der Waals surface area contributed by atoms with Gasteiger partial charge in [-0.3, -0.25) is 0 Å². The average molecular weight is 1110 g/mol. The molecule has 0 aliphatic carbocycles. The molecule has 2 amide bonds. The van der Waals surface area contributed by atoms with Crippen LogP contribution in [0.1, 0.15) is 27.7 Å². The van der Waals surface area contributed by atoms with Gasteiger partial charge in [-0.05, 0) is 0 Å². The summed E-state index contributed by atoms with van der Waals surface area (Å²) in [4.78, 5) is 107.